The molecular weight excluding hydrogens is 289 g/mol. The van der Waals surface area contributed by atoms with E-state index in [1.54, 1.807) is 14.0 Å². The maximum Gasteiger partial charge on any atom is 0.391 e. The molecule has 0 aliphatic heterocycles. The summed E-state index contributed by atoms with van der Waals surface area (Å²) in [5, 5.41) is 0. The molecule has 2 N–H and O–H groups in total. The quantitative estimate of drug-likeness (QED) is 0.812. The molecule has 0 aromatic heterocycles. The van der Waals surface area contributed by atoms with Gasteiger partial charge in [-0.1, -0.05) is 18.6 Å². The zero-order chi connectivity index (χ0) is 15.5. The Morgan fingerprint density at radius 2 is 2.05 bits per heavy atom. The van der Waals surface area contributed by atoms with Gasteiger partial charge in [0.15, 0.2) is 0 Å². The van der Waals surface area contributed by atoms with E-state index < -0.39 is 18.0 Å². The Bertz CT molecular complexity index is 373. The van der Waals surface area contributed by atoms with Gasteiger partial charge in [0.1, 0.15) is 0 Å². The lowest BCUT2D eigenvalue weighted by atomic mass is 9.80. The highest BCUT2D eigenvalue weighted by Gasteiger charge is 2.44. The molecule has 0 aromatic rings. The summed E-state index contributed by atoms with van der Waals surface area (Å²) < 4.78 is 38.3. The first kappa shape index (κ1) is 17.2. The fourth-order valence-electron chi connectivity index (χ4n) is 2.64. The summed E-state index contributed by atoms with van der Waals surface area (Å²) in [6.07, 6.45) is -2.84. The van der Waals surface area contributed by atoms with Crippen LogP contribution in [0, 0.1) is 11.8 Å². The van der Waals surface area contributed by atoms with Crippen molar-refractivity contribution in [3.05, 3.63) is 0 Å². The molecule has 0 spiro atoms. The van der Waals surface area contributed by atoms with Gasteiger partial charge in [-0.25, -0.2) is 0 Å². The van der Waals surface area contributed by atoms with Crippen LogP contribution in [0.3, 0.4) is 0 Å². The van der Waals surface area contributed by atoms with Gasteiger partial charge in [0.25, 0.3) is 0 Å². The maximum atomic E-state index is 12.8. The van der Waals surface area contributed by atoms with Crippen molar-refractivity contribution in [3.8, 4) is 0 Å². The van der Waals surface area contributed by atoms with Crippen LogP contribution in [0.4, 0.5) is 13.2 Å². The van der Waals surface area contributed by atoms with Gasteiger partial charge in [-0.3, -0.25) is 4.79 Å². The Morgan fingerprint density at radius 1 is 1.45 bits per heavy atom. The van der Waals surface area contributed by atoms with E-state index in [0.29, 0.717) is 24.3 Å². The lowest BCUT2D eigenvalue weighted by Crippen LogP contribution is -2.43. The van der Waals surface area contributed by atoms with E-state index in [0.717, 1.165) is 0 Å². The van der Waals surface area contributed by atoms with Gasteiger partial charge in [0.2, 0.25) is 5.91 Å². The smallest absolute Gasteiger partial charge is 0.391 e. The van der Waals surface area contributed by atoms with Crippen molar-refractivity contribution in [2.24, 2.45) is 17.6 Å². The van der Waals surface area contributed by atoms with Gasteiger partial charge in [-0.2, -0.15) is 13.2 Å². The predicted octanol–water partition coefficient (Wildman–Crippen LogP) is 2.88. The molecule has 3 unspecified atom stereocenters. The monoisotopic (exact) mass is 310 g/mol. The number of amides is 1. The highest BCUT2D eigenvalue weighted by molar-refractivity contribution is 7.80. The van der Waals surface area contributed by atoms with Crippen molar-refractivity contribution in [1.29, 1.82) is 0 Å². The Balaban J connectivity index is 2.64. The number of rotatable bonds is 4. The zero-order valence-corrected chi connectivity index (χ0v) is 12.6. The highest BCUT2D eigenvalue weighted by Crippen LogP contribution is 2.40. The number of carbonyl (C=O) groups is 1. The second-order valence-electron chi connectivity index (χ2n) is 5.57. The van der Waals surface area contributed by atoms with E-state index in [2.05, 4.69) is 0 Å². The SMILES string of the molecule is CC(CC(N)=S)N(C)C(=O)C1CCCC(C(F)(F)F)C1. The number of hydrogen-bond acceptors (Lipinski definition) is 2. The van der Waals surface area contributed by atoms with E-state index in [1.807, 2.05) is 0 Å². The highest BCUT2D eigenvalue weighted by atomic mass is 32.1. The fourth-order valence-corrected chi connectivity index (χ4v) is 2.89. The van der Waals surface area contributed by atoms with E-state index >= 15 is 0 Å². The van der Waals surface area contributed by atoms with Crippen LogP contribution in [0.5, 0.6) is 0 Å². The predicted molar refractivity (Wildman–Crippen MR) is 75.1 cm³/mol. The molecule has 0 bridgehead atoms. The molecule has 3 nitrogen and oxygen atoms in total. The topological polar surface area (TPSA) is 46.3 Å². The molecule has 20 heavy (non-hydrogen) atoms. The second kappa shape index (κ2) is 6.74. The fraction of sp³-hybridized carbons (Fsp3) is 0.846. The summed E-state index contributed by atoms with van der Waals surface area (Å²) >= 11 is 4.79. The van der Waals surface area contributed by atoms with Crippen molar-refractivity contribution in [1.82, 2.24) is 4.90 Å². The number of thiocarbonyl (C=S) groups is 1. The van der Waals surface area contributed by atoms with Crippen molar-refractivity contribution in [3.63, 3.8) is 0 Å². The molecular formula is C13H21F3N2OS. The van der Waals surface area contributed by atoms with Crippen LogP contribution in [0.1, 0.15) is 39.0 Å². The third-order valence-corrected chi connectivity index (χ3v) is 4.16. The van der Waals surface area contributed by atoms with E-state index in [1.165, 1.54) is 4.90 Å². The first-order chi connectivity index (χ1) is 9.12. The van der Waals surface area contributed by atoms with Crippen LogP contribution in [-0.2, 0) is 4.79 Å². The minimum atomic E-state index is -4.21. The molecule has 1 aliphatic carbocycles. The van der Waals surface area contributed by atoms with Crippen LogP contribution < -0.4 is 5.73 Å². The molecule has 0 aromatic carbocycles. The van der Waals surface area contributed by atoms with E-state index in [-0.39, 0.29) is 24.8 Å². The zero-order valence-electron chi connectivity index (χ0n) is 11.7. The van der Waals surface area contributed by atoms with Gasteiger partial charge in [0, 0.05) is 25.4 Å². The van der Waals surface area contributed by atoms with Crippen molar-refractivity contribution < 1.29 is 18.0 Å². The molecule has 1 amide bonds. The van der Waals surface area contributed by atoms with Gasteiger partial charge in [-0.15, -0.1) is 0 Å². The van der Waals surface area contributed by atoms with E-state index in [4.69, 9.17) is 18.0 Å². The molecule has 3 atom stereocenters. The van der Waals surface area contributed by atoms with Crippen LogP contribution in [-0.4, -0.2) is 35.1 Å². The third kappa shape index (κ3) is 4.61. The van der Waals surface area contributed by atoms with Crippen molar-refractivity contribution in [2.75, 3.05) is 7.05 Å². The summed E-state index contributed by atoms with van der Waals surface area (Å²) in [6.45, 7) is 1.79. The molecule has 0 heterocycles. The molecule has 0 saturated heterocycles. The standard InChI is InChI=1S/C13H21F3N2OS/c1-8(6-11(17)20)18(2)12(19)9-4-3-5-10(7-9)13(14,15)16/h8-10H,3-7H2,1-2H3,(H2,17,20). The van der Waals surface area contributed by atoms with E-state index in [9.17, 15) is 18.0 Å². The first-order valence-electron chi connectivity index (χ1n) is 6.74. The lowest BCUT2D eigenvalue weighted by molar-refractivity contribution is -0.187. The van der Waals surface area contributed by atoms with Gasteiger partial charge in [-0.05, 0) is 26.2 Å². The van der Waals surface area contributed by atoms with Crippen molar-refractivity contribution in [2.45, 2.75) is 51.2 Å². The number of alkyl halides is 3. The Morgan fingerprint density at radius 3 is 2.55 bits per heavy atom. The van der Waals surface area contributed by atoms with Gasteiger partial charge >= 0.3 is 6.18 Å². The normalized spacial score (nSPS) is 25.1. The van der Waals surface area contributed by atoms with Crippen LogP contribution >= 0.6 is 12.2 Å². The number of hydrogen-bond donors (Lipinski definition) is 1. The molecule has 116 valence electrons. The number of carbonyl (C=O) groups excluding carboxylic acids is 1. The Kier molecular flexibility index (Phi) is 5.79. The van der Waals surface area contributed by atoms with Crippen LogP contribution in [0.15, 0.2) is 0 Å². The van der Waals surface area contributed by atoms with Crippen molar-refractivity contribution >= 4 is 23.1 Å². The number of halogens is 3. The summed E-state index contributed by atoms with van der Waals surface area (Å²) in [4.78, 5) is 14.0. The average molecular weight is 310 g/mol. The summed E-state index contributed by atoms with van der Waals surface area (Å²) in [6, 6.07) is -0.189. The number of nitrogens with two attached hydrogens (primary N) is 1. The third-order valence-electron chi connectivity index (χ3n) is 3.99. The second-order valence-corrected chi connectivity index (χ2v) is 6.10. The largest absolute Gasteiger partial charge is 0.393 e. The Labute approximate surface area is 122 Å². The minimum Gasteiger partial charge on any atom is -0.393 e. The van der Waals surface area contributed by atoms with Crippen LogP contribution in [0.25, 0.3) is 0 Å². The minimum absolute atomic E-state index is 0.105. The summed E-state index contributed by atoms with van der Waals surface area (Å²) in [5.74, 6) is -2.14. The van der Waals surface area contributed by atoms with Crippen LogP contribution in [0.2, 0.25) is 0 Å². The molecule has 7 heteroatoms. The van der Waals surface area contributed by atoms with Gasteiger partial charge < -0.3 is 10.6 Å². The maximum absolute atomic E-state index is 12.8. The lowest BCUT2D eigenvalue weighted by Gasteiger charge is -2.34. The summed E-state index contributed by atoms with van der Waals surface area (Å²) in [7, 11) is 1.60. The first-order valence-corrected chi connectivity index (χ1v) is 7.15. The Hall–Kier alpha value is -0.850. The number of nitrogens with zero attached hydrogens (tertiary/aromatic N) is 1. The molecule has 0 radical (unpaired) electrons. The summed E-state index contributed by atoms with van der Waals surface area (Å²) in [5.41, 5.74) is 5.43. The average Bonchev–Trinajstić information content (AvgIpc) is 2.35. The molecule has 1 saturated carbocycles. The molecule has 1 rings (SSSR count). The molecule has 1 fully saturated rings. The molecule has 1 aliphatic rings. The van der Waals surface area contributed by atoms with Gasteiger partial charge in [0.05, 0.1) is 10.9 Å².